The molecule has 0 amide bonds. The molecule has 3 aliphatic rings. The molecule has 10 heteroatoms. The Kier molecular flexibility index (Phi) is 4.15. The Balaban J connectivity index is 1.77. The van der Waals surface area contributed by atoms with Crippen LogP contribution in [0.3, 0.4) is 0 Å². The minimum Gasteiger partial charge on any atom is -0.492 e. The summed E-state index contributed by atoms with van der Waals surface area (Å²) in [7, 11) is 1.30. The molecule has 0 bridgehead atoms. The first-order valence-electron chi connectivity index (χ1n) is 10.1. The van der Waals surface area contributed by atoms with E-state index in [4.69, 9.17) is 10.5 Å². The lowest BCUT2D eigenvalue weighted by molar-refractivity contribution is 0.0240. The van der Waals surface area contributed by atoms with Gasteiger partial charge in [-0.3, -0.25) is 9.18 Å². The van der Waals surface area contributed by atoms with Crippen molar-refractivity contribution in [1.29, 1.82) is 0 Å². The number of pyridine rings is 1. The van der Waals surface area contributed by atoms with Gasteiger partial charge in [0.2, 0.25) is 5.43 Å². The number of nitrogens with zero attached hydrogens (tertiary/aromatic N) is 2. The second kappa shape index (κ2) is 6.38. The van der Waals surface area contributed by atoms with Gasteiger partial charge in [0, 0.05) is 36.7 Å². The zero-order valence-electron chi connectivity index (χ0n) is 16.8. The van der Waals surface area contributed by atoms with E-state index in [1.165, 1.54) is 11.7 Å². The number of methoxy groups -OCH3 is 1. The molecule has 3 fully saturated rings. The summed E-state index contributed by atoms with van der Waals surface area (Å²) in [4.78, 5) is 25.9. The Morgan fingerprint density at radius 2 is 2.10 bits per heavy atom. The molecule has 1 aromatic carbocycles. The molecule has 0 spiro atoms. The van der Waals surface area contributed by atoms with Crippen molar-refractivity contribution in [1.82, 2.24) is 4.57 Å². The molecule has 5 rings (SSSR count). The van der Waals surface area contributed by atoms with Crippen molar-refractivity contribution in [3.05, 3.63) is 33.9 Å². The molecule has 1 saturated heterocycles. The molecule has 2 heterocycles. The topological polar surface area (TPSA) is 97.8 Å². The number of carboxylic acid groups (broad SMARTS) is 1. The van der Waals surface area contributed by atoms with Crippen molar-refractivity contribution in [2.45, 2.75) is 37.0 Å². The van der Waals surface area contributed by atoms with Gasteiger partial charge in [0.05, 0.1) is 30.7 Å². The fourth-order valence-electron chi connectivity index (χ4n) is 5.23. The molecule has 0 radical (unpaired) electrons. The molecule has 2 aromatic rings. The van der Waals surface area contributed by atoms with Gasteiger partial charge in [0.1, 0.15) is 17.4 Å². The van der Waals surface area contributed by atoms with Crippen molar-refractivity contribution in [3.63, 3.8) is 0 Å². The standard InChI is InChI=1S/C21H22F3N3O4/c1-31-18-15-10(17(28)11(19(29)30)6-27(15)14-5-12(14)23)4-13(24)16(18)26-8-20(7-22)2-3-21(20,25)9-26/h4,6,12,14H,2-3,5,7-9,25H2,1H3,(H,29,30). The predicted octanol–water partition coefficient (Wildman–Crippen LogP) is 2.40. The van der Waals surface area contributed by atoms with Gasteiger partial charge in [-0.25, -0.2) is 13.6 Å². The average molecular weight is 437 g/mol. The highest BCUT2D eigenvalue weighted by molar-refractivity contribution is 5.97. The predicted molar refractivity (Wildman–Crippen MR) is 107 cm³/mol. The number of rotatable bonds is 5. The minimum atomic E-state index is -1.48. The number of nitrogens with two attached hydrogens (primary N) is 1. The Hall–Kier alpha value is -2.75. The van der Waals surface area contributed by atoms with Gasteiger partial charge in [-0.2, -0.15) is 0 Å². The smallest absolute Gasteiger partial charge is 0.341 e. The fraction of sp³-hybridized carbons (Fsp3) is 0.524. The van der Waals surface area contributed by atoms with E-state index in [0.717, 1.165) is 12.3 Å². The van der Waals surface area contributed by atoms with E-state index in [2.05, 4.69) is 0 Å². The molecular formula is C21H22F3N3O4. The lowest BCUT2D eigenvalue weighted by Gasteiger charge is -2.50. The Bertz CT molecular complexity index is 1180. The number of halogens is 3. The fourth-order valence-corrected chi connectivity index (χ4v) is 5.23. The monoisotopic (exact) mass is 437 g/mol. The number of carbonyl (C=O) groups is 1. The van der Waals surface area contributed by atoms with E-state index < -0.39 is 52.6 Å². The summed E-state index contributed by atoms with van der Waals surface area (Å²) in [6, 6.07) is 0.279. The SMILES string of the molecule is COc1c(N2CC3(N)CCC3(CF)C2)c(F)cc2c(=O)c(C(=O)O)cn(C3CC3F)c12. The van der Waals surface area contributed by atoms with E-state index >= 15 is 4.39 Å². The van der Waals surface area contributed by atoms with Gasteiger partial charge >= 0.3 is 5.97 Å². The molecule has 4 atom stereocenters. The summed E-state index contributed by atoms with van der Waals surface area (Å²) in [5.74, 6) is -2.30. The van der Waals surface area contributed by atoms with Crippen LogP contribution in [0.25, 0.3) is 10.9 Å². The van der Waals surface area contributed by atoms with Gasteiger partial charge in [0.25, 0.3) is 0 Å². The third-order valence-electron chi connectivity index (χ3n) is 7.32. The molecule has 3 N–H and O–H groups in total. The Morgan fingerprint density at radius 1 is 1.39 bits per heavy atom. The van der Waals surface area contributed by atoms with Crippen LogP contribution < -0.4 is 20.8 Å². The number of benzene rings is 1. The van der Waals surface area contributed by atoms with Crippen molar-refractivity contribution < 1.29 is 27.8 Å². The molecule has 7 nitrogen and oxygen atoms in total. The Morgan fingerprint density at radius 3 is 2.58 bits per heavy atom. The van der Waals surface area contributed by atoms with Crippen LogP contribution in [0.5, 0.6) is 5.75 Å². The first kappa shape index (κ1) is 20.2. The lowest BCUT2D eigenvalue weighted by atomic mass is 9.57. The van der Waals surface area contributed by atoms with Crippen LogP contribution in [0.4, 0.5) is 18.9 Å². The quantitative estimate of drug-likeness (QED) is 0.746. The van der Waals surface area contributed by atoms with Gasteiger partial charge in [-0.1, -0.05) is 0 Å². The molecular weight excluding hydrogens is 415 g/mol. The largest absolute Gasteiger partial charge is 0.492 e. The summed E-state index contributed by atoms with van der Waals surface area (Å²) < 4.78 is 50.1. The van der Waals surface area contributed by atoms with Crippen molar-refractivity contribution in [3.8, 4) is 5.75 Å². The summed E-state index contributed by atoms with van der Waals surface area (Å²) in [5, 5.41) is 9.19. The maximum absolute atomic E-state index is 15.4. The summed E-state index contributed by atoms with van der Waals surface area (Å²) >= 11 is 0. The van der Waals surface area contributed by atoms with Crippen LogP contribution in [0.15, 0.2) is 17.1 Å². The summed E-state index contributed by atoms with van der Waals surface area (Å²) in [5.41, 5.74) is 3.54. The second-order valence-corrected chi connectivity index (χ2v) is 8.97. The molecule has 166 valence electrons. The van der Waals surface area contributed by atoms with E-state index in [0.29, 0.717) is 12.8 Å². The first-order valence-corrected chi connectivity index (χ1v) is 10.1. The third kappa shape index (κ3) is 2.57. The number of anilines is 1. The number of aromatic carboxylic acids is 1. The first-order chi connectivity index (χ1) is 14.7. The minimum absolute atomic E-state index is 0.0120. The number of carboxylic acids is 1. The van der Waals surface area contributed by atoms with E-state index in [1.807, 2.05) is 0 Å². The van der Waals surface area contributed by atoms with Crippen LogP contribution in [0, 0.1) is 11.2 Å². The second-order valence-electron chi connectivity index (χ2n) is 8.97. The van der Waals surface area contributed by atoms with Gasteiger partial charge in [-0.15, -0.1) is 0 Å². The molecule has 2 saturated carbocycles. The lowest BCUT2D eigenvalue weighted by Crippen LogP contribution is -2.64. The van der Waals surface area contributed by atoms with Gasteiger partial charge in [-0.05, 0) is 18.9 Å². The molecule has 2 aliphatic carbocycles. The molecule has 1 aromatic heterocycles. The van der Waals surface area contributed by atoms with E-state index in [9.17, 15) is 23.5 Å². The number of ether oxygens (including phenoxy) is 1. The number of hydrogen-bond donors (Lipinski definition) is 2. The highest BCUT2D eigenvalue weighted by Gasteiger charge is 2.63. The van der Waals surface area contributed by atoms with E-state index in [1.54, 1.807) is 4.90 Å². The van der Waals surface area contributed by atoms with Crippen LogP contribution >= 0.6 is 0 Å². The van der Waals surface area contributed by atoms with Crippen molar-refractivity contribution >= 4 is 22.6 Å². The summed E-state index contributed by atoms with van der Waals surface area (Å²) in [6.07, 6.45) is 1.22. The number of alkyl halides is 2. The van der Waals surface area contributed by atoms with Gasteiger partial charge in [0.15, 0.2) is 11.6 Å². The number of fused-ring (bicyclic) bond motifs is 2. The van der Waals surface area contributed by atoms with Crippen LogP contribution in [-0.4, -0.2) is 54.2 Å². The molecule has 4 unspecified atom stereocenters. The van der Waals surface area contributed by atoms with Gasteiger partial charge < -0.3 is 25.0 Å². The number of aromatic nitrogens is 1. The van der Waals surface area contributed by atoms with Crippen LogP contribution in [-0.2, 0) is 0 Å². The van der Waals surface area contributed by atoms with Crippen LogP contribution in [0.1, 0.15) is 35.7 Å². The highest BCUT2D eigenvalue weighted by Crippen LogP contribution is 2.56. The average Bonchev–Trinajstić information content (AvgIpc) is 3.41. The Labute approximate surface area is 175 Å². The summed E-state index contributed by atoms with van der Waals surface area (Å²) in [6.45, 7) is -0.233. The molecule has 1 aliphatic heterocycles. The zero-order chi connectivity index (χ0) is 22.3. The normalized spacial score (nSPS) is 31.5. The third-order valence-corrected chi connectivity index (χ3v) is 7.32. The van der Waals surface area contributed by atoms with E-state index in [-0.39, 0.29) is 41.9 Å². The van der Waals surface area contributed by atoms with Crippen molar-refractivity contribution in [2.75, 3.05) is 31.8 Å². The zero-order valence-corrected chi connectivity index (χ0v) is 16.8. The van der Waals surface area contributed by atoms with Crippen molar-refractivity contribution in [2.24, 2.45) is 11.1 Å². The highest BCUT2D eigenvalue weighted by atomic mass is 19.1. The van der Waals surface area contributed by atoms with Crippen LogP contribution in [0.2, 0.25) is 0 Å². The maximum atomic E-state index is 15.4. The number of hydrogen-bond acceptors (Lipinski definition) is 5. The maximum Gasteiger partial charge on any atom is 0.341 e. The molecule has 31 heavy (non-hydrogen) atoms.